The number of aliphatic carboxylic acids is 1. The minimum absolute atomic E-state index is 0.0269. The van der Waals surface area contributed by atoms with Crippen molar-refractivity contribution in [3.8, 4) is 0 Å². The molecule has 0 aliphatic rings. The molecule has 0 saturated heterocycles. The number of benzene rings is 1. The Morgan fingerprint density at radius 3 is 2.44 bits per heavy atom. The fourth-order valence-corrected chi connectivity index (χ4v) is 1.38. The van der Waals surface area contributed by atoms with Crippen LogP contribution in [0, 0.1) is 17.6 Å². The van der Waals surface area contributed by atoms with E-state index in [9.17, 15) is 18.4 Å². The number of hydrogen-bond acceptors (Lipinski definition) is 2. The van der Waals surface area contributed by atoms with Gasteiger partial charge in [-0.25, -0.2) is 8.78 Å². The fourth-order valence-electron chi connectivity index (χ4n) is 1.38. The predicted molar refractivity (Wildman–Crippen MR) is 59.7 cm³/mol. The smallest absolute Gasteiger partial charge is 0.315 e. The van der Waals surface area contributed by atoms with Gasteiger partial charge in [0, 0.05) is 5.56 Å². The van der Waals surface area contributed by atoms with Crippen molar-refractivity contribution in [2.45, 2.75) is 19.9 Å². The maximum Gasteiger partial charge on any atom is 0.315 e. The van der Waals surface area contributed by atoms with E-state index >= 15 is 0 Å². The number of carbonyl (C=O) groups is 2. The molecule has 0 aromatic heterocycles. The van der Waals surface area contributed by atoms with Crippen LogP contribution >= 0.6 is 0 Å². The molecule has 0 aliphatic carbocycles. The Morgan fingerprint density at radius 1 is 1.28 bits per heavy atom. The van der Waals surface area contributed by atoms with Gasteiger partial charge in [-0.2, -0.15) is 0 Å². The molecule has 2 unspecified atom stereocenters. The summed E-state index contributed by atoms with van der Waals surface area (Å²) in [5.74, 6) is -5.34. The van der Waals surface area contributed by atoms with Crippen molar-refractivity contribution in [2.75, 3.05) is 0 Å². The van der Waals surface area contributed by atoms with Gasteiger partial charge in [-0.1, -0.05) is 12.1 Å². The monoisotopic (exact) mass is 257 g/mol. The number of hydrogen-bond donors (Lipinski definition) is 2. The normalized spacial score (nSPS) is 13.8. The first-order chi connectivity index (χ1) is 8.34. The highest BCUT2D eigenvalue weighted by Gasteiger charge is 2.23. The number of nitrogens with one attached hydrogen (secondary N) is 1. The molecule has 0 aliphatic heterocycles. The molecule has 1 aromatic carbocycles. The lowest BCUT2D eigenvalue weighted by molar-refractivity contribution is -0.146. The predicted octanol–water partition coefficient (Wildman–Crippen LogP) is 1.86. The maximum absolute atomic E-state index is 13.4. The summed E-state index contributed by atoms with van der Waals surface area (Å²) in [6, 6.07) is 2.80. The zero-order chi connectivity index (χ0) is 13.9. The third-order valence-corrected chi connectivity index (χ3v) is 2.57. The second-order valence-electron chi connectivity index (χ2n) is 3.93. The van der Waals surface area contributed by atoms with Crippen molar-refractivity contribution in [2.24, 2.45) is 5.92 Å². The number of halogens is 2. The van der Waals surface area contributed by atoms with Crippen LogP contribution in [0.3, 0.4) is 0 Å². The van der Waals surface area contributed by atoms with E-state index < -0.39 is 35.5 Å². The molecule has 0 radical (unpaired) electrons. The summed E-state index contributed by atoms with van der Waals surface area (Å²) in [5.41, 5.74) is -0.0269. The first kappa shape index (κ1) is 14.1. The maximum atomic E-state index is 13.4. The lowest BCUT2D eigenvalue weighted by atomic mass is 10.1. The molecule has 0 spiro atoms. The van der Waals surface area contributed by atoms with Crippen molar-refractivity contribution >= 4 is 11.9 Å². The molecule has 18 heavy (non-hydrogen) atoms. The number of carbonyl (C=O) groups excluding carboxylic acids is 1. The lowest BCUT2D eigenvalue weighted by Crippen LogP contribution is -2.35. The second kappa shape index (κ2) is 5.57. The van der Waals surface area contributed by atoms with E-state index in [1.54, 1.807) is 0 Å². The highest BCUT2D eigenvalue weighted by atomic mass is 19.2. The van der Waals surface area contributed by atoms with Gasteiger partial charge in [0.05, 0.1) is 6.04 Å². The number of carboxylic acid groups (broad SMARTS) is 1. The van der Waals surface area contributed by atoms with Gasteiger partial charge in [0.2, 0.25) is 5.91 Å². The van der Waals surface area contributed by atoms with Crippen LogP contribution in [-0.4, -0.2) is 17.0 Å². The van der Waals surface area contributed by atoms with E-state index in [1.165, 1.54) is 26.0 Å². The quantitative estimate of drug-likeness (QED) is 0.809. The Kier molecular flexibility index (Phi) is 4.36. The van der Waals surface area contributed by atoms with Crippen LogP contribution in [0.25, 0.3) is 0 Å². The summed E-state index contributed by atoms with van der Waals surface area (Å²) in [6.07, 6.45) is 0. The van der Waals surface area contributed by atoms with Gasteiger partial charge < -0.3 is 10.4 Å². The molecule has 98 valence electrons. The first-order valence-electron chi connectivity index (χ1n) is 5.31. The Hall–Kier alpha value is -1.98. The zero-order valence-corrected chi connectivity index (χ0v) is 9.91. The highest BCUT2D eigenvalue weighted by Crippen LogP contribution is 2.19. The third kappa shape index (κ3) is 3.03. The van der Waals surface area contributed by atoms with Gasteiger partial charge in [-0.05, 0) is 19.9 Å². The fraction of sp³-hybridized carbons (Fsp3) is 0.333. The molecule has 2 N–H and O–H groups in total. The van der Waals surface area contributed by atoms with Crippen LogP contribution in [0.15, 0.2) is 18.2 Å². The summed E-state index contributed by atoms with van der Waals surface area (Å²) in [5, 5.41) is 11.0. The molecule has 0 saturated carbocycles. The minimum Gasteiger partial charge on any atom is -0.481 e. The van der Waals surface area contributed by atoms with Crippen LogP contribution in [-0.2, 0) is 9.59 Å². The Bertz CT molecular complexity index is 476. The summed E-state index contributed by atoms with van der Waals surface area (Å²) < 4.78 is 26.4. The number of carboxylic acids is 1. The van der Waals surface area contributed by atoms with E-state index in [1.807, 2.05) is 0 Å². The number of rotatable bonds is 4. The van der Waals surface area contributed by atoms with Gasteiger partial charge in [0.15, 0.2) is 11.6 Å². The van der Waals surface area contributed by atoms with Gasteiger partial charge in [0.1, 0.15) is 5.92 Å². The van der Waals surface area contributed by atoms with Crippen molar-refractivity contribution in [1.29, 1.82) is 0 Å². The standard InChI is InChI=1S/C12H13F2NO3/c1-6(12(17)18)11(16)15-7(2)8-4-3-5-9(13)10(8)14/h3-7H,1-2H3,(H,15,16)(H,17,18). The summed E-state index contributed by atoms with van der Waals surface area (Å²) in [7, 11) is 0. The van der Waals surface area contributed by atoms with Crippen molar-refractivity contribution in [3.05, 3.63) is 35.4 Å². The molecular weight excluding hydrogens is 244 g/mol. The van der Waals surface area contributed by atoms with Gasteiger partial charge >= 0.3 is 5.97 Å². The van der Waals surface area contributed by atoms with Crippen LogP contribution in [0.5, 0.6) is 0 Å². The summed E-state index contributed by atoms with van der Waals surface area (Å²) in [6.45, 7) is 2.66. The molecule has 0 fully saturated rings. The van der Waals surface area contributed by atoms with Crippen LogP contribution in [0.1, 0.15) is 25.5 Å². The minimum atomic E-state index is -1.28. The average molecular weight is 257 g/mol. The largest absolute Gasteiger partial charge is 0.481 e. The van der Waals surface area contributed by atoms with Crippen molar-refractivity contribution in [1.82, 2.24) is 5.32 Å². The Balaban J connectivity index is 2.83. The summed E-state index contributed by atoms with van der Waals surface area (Å²) >= 11 is 0. The topological polar surface area (TPSA) is 66.4 Å². The van der Waals surface area contributed by atoms with E-state index in [4.69, 9.17) is 5.11 Å². The highest BCUT2D eigenvalue weighted by molar-refractivity contribution is 5.96. The Morgan fingerprint density at radius 2 is 1.89 bits per heavy atom. The average Bonchev–Trinajstić information content (AvgIpc) is 2.31. The lowest BCUT2D eigenvalue weighted by Gasteiger charge is -2.16. The molecule has 6 heteroatoms. The van der Waals surface area contributed by atoms with E-state index in [2.05, 4.69) is 5.32 Å². The second-order valence-corrected chi connectivity index (χ2v) is 3.93. The Labute approximate surface area is 103 Å². The molecule has 2 atom stereocenters. The van der Waals surface area contributed by atoms with Crippen molar-refractivity contribution < 1.29 is 23.5 Å². The third-order valence-electron chi connectivity index (χ3n) is 2.57. The van der Waals surface area contributed by atoms with Gasteiger partial charge in [0.25, 0.3) is 0 Å². The van der Waals surface area contributed by atoms with Crippen LogP contribution < -0.4 is 5.32 Å². The first-order valence-corrected chi connectivity index (χ1v) is 5.31. The molecule has 1 amide bonds. The van der Waals surface area contributed by atoms with Crippen molar-refractivity contribution in [3.63, 3.8) is 0 Å². The van der Waals surface area contributed by atoms with Crippen LogP contribution in [0.4, 0.5) is 8.78 Å². The van der Waals surface area contributed by atoms with E-state index in [0.717, 1.165) is 6.07 Å². The molecule has 0 bridgehead atoms. The zero-order valence-electron chi connectivity index (χ0n) is 9.91. The van der Waals surface area contributed by atoms with Gasteiger partial charge in [-0.3, -0.25) is 9.59 Å². The van der Waals surface area contributed by atoms with Crippen LogP contribution in [0.2, 0.25) is 0 Å². The molecule has 4 nitrogen and oxygen atoms in total. The summed E-state index contributed by atoms with van der Waals surface area (Å²) in [4.78, 5) is 22.0. The van der Waals surface area contributed by atoms with Gasteiger partial charge in [-0.15, -0.1) is 0 Å². The molecule has 1 rings (SSSR count). The van der Waals surface area contributed by atoms with E-state index in [0.29, 0.717) is 0 Å². The van der Waals surface area contributed by atoms with E-state index in [-0.39, 0.29) is 5.56 Å². The molecular formula is C12H13F2NO3. The number of amides is 1. The molecule has 0 heterocycles. The SMILES string of the molecule is CC(C(=O)O)C(=O)NC(C)c1cccc(F)c1F. The molecule has 1 aromatic rings.